The van der Waals surface area contributed by atoms with E-state index in [0.717, 1.165) is 36.6 Å². The topological polar surface area (TPSA) is 29.9 Å². The second-order valence-corrected chi connectivity index (χ2v) is 6.02. The summed E-state index contributed by atoms with van der Waals surface area (Å²) in [6.45, 7) is 12.8. The van der Waals surface area contributed by atoms with E-state index in [1.54, 1.807) is 0 Å². The van der Waals surface area contributed by atoms with Crippen LogP contribution in [0.1, 0.15) is 51.9 Å². The fraction of sp³-hybridized carbons (Fsp3) is 0.800. The molecule has 19 heavy (non-hydrogen) atoms. The van der Waals surface area contributed by atoms with Crippen molar-refractivity contribution in [2.75, 3.05) is 6.54 Å². The number of halogens is 1. The highest BCUT2D eigenvalue weighted by Crippen LogP contribution is 2.23. The van der Waals surface area contributed by atoms with Crippen molar-refractivity contribution >= 4 is 11.6 Å². The smallest absolute Gasteiger partial charge is 0.0847 e. The Morgan fingerprint density at radius 2 is 2.00 bits per heavy atom. The Bertz CT molecular complexity index is 385. The number of nitrogens with zero attached hydrogens (tertiary/aromatic N) is 2. The van der Waals surface area contributed by atoms with Gasteiger partial charge in [0.2, 0.25) is 0 Å². The predicted octanol–water partition coefficient (Wildman–Crippen LogP) is 3.82. The quantitative estimate of drug-likeness (QED) is 0.787. The van der Waals surface area contributed by atoms with Gasteiger partial charge in [-0.1, -0.05) is 32.4 Å². The molecule has 0 aromatic carbocycles. The predicted molar refractivity (Wildman–Crippen MR) is 82.9 cm³/mol. The highest BCUT2D eigenvalue weighted by molar-refractivity contribution is 6.31. The summed E-state index contributed by atoms with van der Waals surface area (Å²) in [6, 6.07) is 0.485. The Kier molecular flexibility index (Phi) is 6.87. The lowest BCUT2D eigenvalue weighted by atomic mass is 9.99. The average Bonchev–Trinajstić information content (AvgIpc) is 2.63. The fourth-order valence-electron chi connectivity index (χ4n) is 2.45. The van der Waals surface area contributed by atoms with Gasteiger partial charge in [-0.3, -0.25) is 4.68 Å². The van der Waals surface area contributed by atoms with E-state index in [-0.39, 0.29) is 0 Å². The van der Waals surface area contributed by atoms with Gasteiger partial charge < -0.3 is 5.32 Å². The van der Waals surface area contributed by atoms with Crippen molar-refractivity contribution in [2.24, 2.45) is 5.92 Å². The zero-order chi connectivity index (χ0) is 14.4. The van der Waals surface area contributed by atoms with Crippen LogP contribution in [-0.2, 0) is 13.0 Å². The lowest BCUT2D eigenvalue weighted by Gasteiger charge is -2.21. The third-order valence-corrected chi connectivity index (χ3v) is 3.82. The van der Waals surface area contributed by atoms with Gasteiger partial charge in [-0.15, -0.1) is 0 Å². The average molecular weight is 286 g/mol. The minimum Gasteiger partial charge on any atom is -0.314 e. The number of hydrogen-bond acceptors (Lipinski definition) is 2. The molecule has 0 radical (unpaired) electrons. The molecule has 1 aromatic rings. The monoisotopic (exact) mass is 285 g/mol. The molecule has 0 amide bonds. The normalized spacial score (nSPS) is 13.2. The molecule has 0 bridgehead atoms. The van der Waals surface area contributed by atoms with Crippen LogP contribution in [0.25, 0.3) is 0 Å². The molecule has 0 spiro atoms. The van der Waals surface area contributed by atoms with Gasteiger partial charge in [-0.2, -0.15) is 5.10 Å². The van der Waals surface area contributed by atoms with Gasteiger partial charge in [0.25, 0.3) is 0 Å². The van der Waals surface area contributed by atoms with Crippen molar-refractivity contribution in [1.29, 1.82) is 0 Å². The minimum atomic E-state index is 0.485. The summed E-state index contributed by atoms with van der Waals surface area (Å²) in [5.41, 5.74) is 2.12. The van der Waals surface area contributed by atoms with Crippen molar-refractivity contribution in [2.45, 2.75) is 66.5 Å². The summed E-state index contributed by atoms with van der Waals surface area (Å²) in [5, 5.41) is 8.98. The van der Waals surface area contributed by atoms with Crippen LogP contribution in [0.3, 0.4) is 0 Å². The van der Waals surface area contributed by atoms with Gasteiger partial charge in [0.05, 0.1) is 16.4 Å². The maximum atomic E-state index is 6.40. The molecule has 1 atom stereocenters. The minimum absolute atomic E-state index is 0.485. The Hall–Kier alpha value is -0.540. The van der Waals surface area contributed by atoms with Crippen LogP contribution in [0.5, 0.6) is 0 Å². The van der Waals surface area contributed by atoms with Crippen molar-refractivity contribution in [3.63, 3.8) is 0 Å². The highest BCUT2D eigenvalue weighted by atomic mass is 35.5. The van der Waals surface area contributed by atoms with Crippen LogP contribution in [0.2, 0.25) is 5.02 Å². The Morgan fingerprint density at radius 3 is 2.53 bits per heavy atom. The van der Waals surface area contributed by atoms with Crippen LogP contribution < -0.4 is 5.32 Å². The van der Waals surface area contributed by atoms with E-state index >= 15 is 0 Å². The molecule has 1 N–H and O–H groups in total. The summed E-state index contributed by atoms with van der Waals surface area (Å²) < 4.78 is 2.04. The molecule has 0 saturated heterocycles. The zero-order valence-electron chi connectivity index (χ0n) is 13.0. The first kappa shape index (κ1) is 16.5. The maximum Gasteiger partial charge on any atom is 0.0847 e. The third-order valence-electron chi connectivity index (χ3n) is 3.33. The van der Waals surface area contributed by atoms with Gasteiger partial charge in [-0.25, -0.2) is 0 Å². The van der Waals surface area contributed by atoms with Crippen LogP contribution in [0.15, 0.2) is 0 Å². The molecule has 1 rings (SSSR count). The van der Waals surface area contributed by atoms with Gasteiger partial charge >= 0.3 is 0 Å². The number of aromatic nitrogens is 2. The largest absolute Gasteiger partial charge is 0.314 e. The number of aryl methyl sites for hydroxylation is 2. The van der Waals surface area contributed by atoms with Crippen LogP contribution in [-0.4, -0.2) is 22.4 Å². The van der Waals surface area contributed by atoms with E-state index in [1.165, 1.54) is 12.1 Å². The number of hydrogen-bond donors (Lipinski definition) is 1. The summed E-state index contributed by atoms with van der Waals surface area (Å²) in [6.07, 6.45) is 3.30. The molecule has 110 valence electrons. The van der Waals surface area contributed by atoms with Crippen LogP contribution in [0.4, 0.5) is 0 Å². The molecule has 1 aromatic heterocycles. The summed E-state index contributed by atoms with van der Waals surface area (Å²) in [4.78, 5) is 0. The first-order chi connectivity index (χ1) is 8.99. The Labute approximate surface area is 122 Å². The third kappa shape index (κ3) is 4.81. The van der Waals surface area contributed by atoms with E-state index in [0.29, 0.717) is 12.0 Å². The van der Waals surface area contributed by atoms with Gasteiger partial charge in [0.15, 0.2) is 0 Å². The van der Waals surface area contributed by atoms with Crippen molar-refractivity contribution in [1.82, 2.24) is 15.1 Å². The van der Waals surface area contributed by atoms with E-state index in [9.17, 15) is 0 Å². The van der Waals surface area contributed by atoms with Crippen molar-refractivity contribution in [3.05, 3.63) is 16.4 Å². The Balaban J connectivity index is 2.82. The molecule has 0 aliphatic heterocycles. The molecular formula is C15H28ClN3. The fourth-order valence-corrected chi connectivity index (χ4v) is 2.67. The maximum absolute atomic E-state index is 6.40. The number of rotatable bonds is 8. The van der Waals surface area contributed by atoms with Gasteiger partial charge in [0, 0.05) is 19.0 Å². The molecule has 3 nitrogen and oxygen atoms in total. The van der Waals surface area contributed by atoms with Crippen molar-refractivity contribution < 1.29 is 0 Å². The Morgan fingerprint density at radius 1 is 1.32 bits per heavy atom. The lowest BCUT2D eigenvalue weighted by Crippen LogP contribution is -2.33. The molecule has 0 aliphatic rings. The second-order valence-electron chi connectivity index (χ2n) is 5.65. The van der Waals surface area contributed by atoms with Gasteiger partial charge in [0.1, 0.15) is 0 Å². The van der Waals surface area contributed by atoms with E-state index < -0.39 is 0 Å². The summed E-state index contributed by atoms with van der Waals surface area (Å²) in [7, 11) is 0. The lowest BCUT2D eigenvalue weighted by molar-refractivity contribution is 0.407. The first-order valence-electron chi connectivity index (χ1n) is 7.44. The summed E-state index contributed by atoms with van der Waals surface area (Å²) >= 11 is 6.40. The second kappa shape index (κ2) is 7.91. The standard InChI is InChI=1S/C15H28ClN3/c1-6-8-17-13(9-11(3)4)10-14-15(16)12(5)18-19(14)7-2/h11,13,17H,6-10H2,1-5H3. The molecule has 0 saturated carbocycles. The first-order valence-corrected chi connectivity index (χ1v) is 7.82. The van der Waals surface area contributed by atoms with Crippen molar-refractivity contribution in [3.8, 4) is 0 Å². The number of nitrogens with one attached hydrogen (secondary N) is 1. The SMILES string of the molecule is CCCNC(Cc1c(Cl)c(C)nn1CC)CC(C)C. The molecule has 0 aliphatic carbocycles. The molecular weight excluding hydrogens is 258 g/mol. The molecule has 1 unspecified atom stereocenters. The molecule has 0 fully saturated rings. The van der Waals surface area contributed by atoms with Crippen LogP contribution >= 0.6 is 11.6 Å². The summed E-state index contributed by atoms with van der Waals surface area (Å²) in [5.74, 6) is 0.687. The van der Waals surface area contributed by atoms with E-state index in [2.05, 4.69) is 38.1 Å². The zero-order valence-corrected chi connectivity index (χ0v) is 13.7. The van der Waals surface area contributed by atoms with Gasteiger partial charge in [-0.05, 0) is 39.2 Å². The molecule has 1 heterocycles. The highest BCUT2D eigenvalue weighted by Gasteiger charge is 2.18. The van der Waals surface area contributed by atoms with E-state index in [4.69, 9.17) is 11.6 Å². The van der Waals surface area contributed by atoms with E-state index in [1.807, 2.05) is 11.6 Å². The van der Waals surface area contributed by atoms with Crippen LogP contribution in [0, 0.1) is 12.8 Å². The molecule has 4 heteroatoms.